The van der Waals surface area contributed by atoms with Crippen molar-refractivity contribution in [3.8, 4) is 0 Å². The highest BCUT2D eigenvalue weighted by Gasteiger charge is 2.19. The van der Waals surface area contributed by atoms with Crippen molar-refractivity contribution in [2.45, 2.75) is 12.7 Å². The molecule has 0 aliphatic carbocycles. The lowest BCUT2D eigenvalue weighted by molar-refractivity contribution is 0.101. The van der Waals surface area contributed by atoms with E-state index in [1.165, 1.54) is 11.1 Å². The van der Waals surface area contributed by atoms with Gasteiger partial charge in [0.1, 0.15) is 6.10 Å². The number of hydrogen-bond acceptors (Lipinski definition) is 1. The number of fused-ring (bicyclic) bond motifs is 1. The van der Waals surface area contributed by atoms with Gasteiger partial charge in [0.15, 0.2) is 0 Å². The molecule has 1 aliphatic rings. The Bertz CT molecular complexity index is 352. The van der Waals surface area contributed by atoms with E-state index in [-0.39, 0.29) is 6.10 Å². The molecule has 13 heavy (non-hydrogen) atoms. The van der Waals surface area contributed by atoms with Crippen molar-refractivity contribution in [3.63, 3.8) is 0 Å². The van der Waals surface area contributed by atoms with Gasteiger partial charge in [-0.25, -0.2) is 0 Å². The van der Waals surface area contributed by atoms with Crippen LogP contribution >= 0.6 is 0 Å². The summed E-state index contributed by atoms with van der Waals surface area (Å²) in [6, 6.07) is 8.19. The third-order valence-electron chi connectivity index (χ3n) is 2.34. The molecule has 1 aromatic carbocycles. The lowest BCUT2D eigenvalue weighted by Crippen LogP contribution is -2.18. The van der Waals surface area contributed by atoms with Gasteiger partial charge >= 0.3 is 0 Å². The van der Waals surface area contributed by atoms with Crippen LogP contribution in [0.5, 0.6) is 0 Å². The highest BCUT2D eigenvalue weighted by Crippen LogP contribution is 2.29. The molecule has 0 fully saturated rings. The van der Waals surface area contributed by atoms with E-state index in [4.69, 9.17) is 4.74 Å². The summed E-state index contributed by atoms with van der Waals surface area (Å²) >= 11 is 0. The number of rotatable bonds is 1. The molecule has 2 rings (SSSR count). The topological polar surface area (TPSA) is 9.23 Å². The molecule has 1 unspecified atom stereocenters. The van der Waals surface area contributed by atoms with Crippen LogP contribution in [0.4, 0.5) is 0 Å². The first-order chi connectivity index (χ1) is 6.33. The van der Waals surface area contributed by atoms with Crippen LogP contribution in [-0.2, 0) is 11.3 Å². The highest BCUT2D eigenvalue weighted by molar-refractivity contribution is 5.71. The minimum atomic E-state index is -0.0186. The van der Waals surface area contributed by atoms with Crippen LogP contribution in [0.1, 0.15) is 11.1 Å². The average Bonchev–Trinajstić information content (AvgIpc) is 2.19. The Hall–Kier alpha value is -1.34. The number of benzene rings is 1. The maximum absolute atomic E-state index is 5.55. The molecule has 1 atom stereocenters. The second-order valence-electron chi connectivity index (χ2n) is 3.15. The Balaban J connectivity index is 2.45. The molecule has 0 saturated heterocycles. The van der Waals surface area contributed by atoms with Crippen LogP contribution in [0, 0.1) is 0 Å². The van der Waals surface area contributed by atoms with Crippen molar-refractivity contribution >= 4 is 5.57 Å². The molecule has 1 aromatic rings. The van der Waals surface area contributed by atoms with Gasteiger partial charge in [-0.1, -0.05) is 36.9 Å². The average molecular weight is 172 g/mol. The van der Waals surface area contributed by atoms with Crippen LogP contribution in [-0.4, -0.2) is 6.10 Å². The van der Waals surface area contributed by atoms with Crippen molar-refractivity contribution in [2.24, 2.45) is 0 Å². The quantitative estimate of drug-likeness (QED) is 0.592. The van der Waals surface area contributed by atoms with Gasteiger partial charge < -0.3 is 4.74 Å². The smallest absolute Gasteiger partial charge is 0.101 e. The highest BCUT2D eigenvalue weighted by atomic mass is 16.5. The predicted molar refractivity (Wildman–Crippen MR) is 54.3 cm³/mol. The van der Waals surface area contributed by atoms with Gasteiger partial charge in [0.25, 0.3) is 0 Å². The Kier molecular flexibility index (Phi) is 2.03. The Labute approximate surface area is 78.3 Å². The molecular formula is C12H12O. The van der Waals surface area contributed by atoms with Crippen molar-refractivity contribution in [1.82, 2.24) is 0 Å². The fourth-order valence-corrected chi connectivity index (χ4v) is 1.60. The van der Waals surface area contributed by atoms with Crippen molar-refractivity contribution in [2.75, 3.05) is 0 Å². The second kappa shape index (κ2) is 3.19. The van der Waals surface area contributed by atoms with E-state index in [0.717, 1.165) is 5.57 Å². The molecule has 0 aromatic heterocycles. The van der Waals surface area contributed by atoms with Crippen molar-refractivity contribution in [1.29, 1.82) is 0 Å². The van der Waals surface area contributed by atoms with Gasteiger partial charge in [-0.15, -0.1) is 6.58 Å². The van der Waals surface area contributed by atoms with E-state index in [0.29, 0.717) is 6.61 Å². The lowest BCUT2D eigenvalue weighted by atomic mass is 9.95. The maximum atomic E-state index is 5.55. The Morgan fingerprint density at radius 1 is 1.38 bits per heavy atom. The molecule has 1 nitrogen and oxygen atoms in total. The van der Waals surface area contributed by atoms with Crippen LogP contribution in [0.2, 0.25) is 0 Å². The predicted octanol–water partition coefficient (Wildman–Crippen LogP) is 2.78. The lowest BCUT2D eigenvalue weighted by Gasteiger charge is -2.25. The van der Waals surface area contributed by atoms with Crippen LogP contribution in [0.15, 0.2) is 43.5 Å². The monoisotopic (exact) mass is 172 g/mol. The first kappa shape index (κ1) is 8.27. The van der Waals surface area contributed by atoms with Crippen molar-refractivity contribution < 1.29 is 4.74 Å². The van der Waals surface area contributed by atoms with E-state index in [2.05, 4.69) is 25.3 Å². The molecule has 1 heteroatoms. The van der Waals surface area contributed by atoms with Gasteiger partial charge in [0.2, 0.25) is 0 Å². The fourth-order valence-electron chi connectivity index (χ4n) is 1.60. The summed E-state index contributed by atoms with van der Waals surface area (Å²) in [6.07, 6.45) is 1.77. The van der Waals surface area contributed by atoms with E-state index < -0.39 is 0 Å². The first-order valence-electron chi connectivity index (χ1n) is 4.34. The summed E-state index contributed by atoms with van der Waals surface area (Å²) in [4.78, 5) is 0. The van der Waals surface area contributed by atoms with Gasteiger partial charge in [0, 0.05) is 0 Å². The van der Waals surface area contributed by atoms with Crippen molar-refractivity contribution in [3.05, 3.63) is 54.6 Å². The van der Waals surface area contributed by atoms with E-state index >= 15 is 0 Å². The Morgan fingerprint density at radius 3 is 2.92 bits per heavy atom. The van der Waals surface area contributed by atoms with E-state index in [9.17, 15) is 0 Å². The molecule has 0 spiro atoms. The molecule has 0 amide bonds. The zero-order valence-corrected chi connectivity index (χ0v) is 7.49. The SMILES string of the molecule is C=CC1OCc2ccccc2C1=C. The number of ether oxygens (including phenoxy) is 1. The normalized spacial score (nSPS) is 20.9. The molecule has 66 valence electrons. The molecule has 1 aliphatic heterocycles. The van der Waals surface area contributed by atoms with Crippen LogP contribution in [0.25, 0.3) is 5.57 Å². The maximum Gasteiger partial charge on any atom is 0.101 e. The third kappa shape index (κ3) is 1.31. The summed E-state index contributed by atoms with van der Waals surface area (Å²) in [7, 11) is 0. The molecule has 0 bridgehead atoms. The first-order valence-corrected chi connectivity index (χ1v) is 4.34. The zero-order chi connectivity index (χ0) is 9.26. The van der Waals surface area contributed by atoms with Gasteiger partial charge in [0.05, 0.1) is 6.61 Å². The van der Waals surface area contributed by atoms with E-state index in [1.807, 2.05) is 12.1 Å². The minimum Gasteiger partial charge on any atom is -0.365 e. The zero-order valence-electron chi connectivity index (χ0n) is 7.49. The van der Waals surface area contributed by atoms with Gasteiger partial charge in [-0.3, -0.25) is 0 Å². The summed E-state index contributed by atoms with van der Waals surface area (Å²) in [5.41, 5.74) is 3.43. The summed E-state index contributed by atoms with van der Waals surface area (Å²) in [5, 5.41) is 0. The standard InChI is InChI=1S/C12H12O/c1-3-12-9(2)11-7-5-4-6-10(11)8-13-12/h3-7,12H,1-2,8H2. The fraction of sp³-hybridized carbons (Fsp3) is 0.167. The minimum absolute atomic E-state index is 0.0186. The van der Waals surface area contributed by atoms with Gasteiger partial charge in [-0.2, -0.15) is 0 Å². The molecule has 0 saturated carbocycles. The largest absolute Gasteiger partial charge is 0.365 e. The molecule has 0 N–H and O–H groups in total. The summed E-state index contributed by atoms with van der Waals surface area (Å²) < 4.78 is 5.55. The van der Waals surface area contributed by atoms with Crippen LogP contribution in [0.3, 0.4) is 0 Å². The molecular weight excluding hydrogens is 160 g/mol. The number of hydrogen-bond donors (Lipinski definition) is 0. The molecule has 1 heterocycles. The van der Waals surface area contributed by atoms with E-state index in [1.54, 1.807) is 6.08 Å². The Morgan fingerprint density at radius 2 is 2.15 bits per heavy atom. The molecule has 0 radical (unpaired) electrons. The second-order valence-corrected chi connectivity index (χ2v) is 3.15. The van der Waals surface area contributed by atoms with Gasteiger partial charge in [-0.05, 0) is 16.7 Å². The summed E-state index contributed by atoms with van der Waals surface area (Å²) in [5.74, 6) is 0. The third-order valence-corrected chi connectivity index (χ3v) is 2.34. The summed E-state index contributed by atoms with van der Waals surface area (Å²) in [6.45, 7) is 8.39. The van der Waals surface area contributed by atoms with Crippen LogP contribution < -0.4 is 0 Å².